The summed E-state index contributed by atoms with van der Waals surface area (Å²) in [5.74, 6) is 0.255. The number of rotatable bonds is 5. The minimum atomic E-state index is -4.38. The molecule has 0 aromatic carbocycles. The van der Waals surface area contributed by atoms with Crippen LogP contribution < -0.4 is 10.2 Å². The van der Waals surface area contributed by atoms with E-state index >= 15 is 0 Å². The van der Waals surface area contributed by atoms with E-state index in [1.165, 1.54) is 11.5 Å². The smallest absolute Gasteiger partial charge is 0.347 e. The predicted octanol–water partition coefficient (Wildman–Crippen LogP) is 2.63. The van der Waals surface area contributed by atoms with Crippen LogP contribution in [0.25, 0.3) is 0 Å². The summed E-state index contributed by atoms with van der Waals surface area (Å²) < 4.78 is 40.9. The Morgan fingerprint density at radius 3 is 2.87 bits per heavy atom. The second-order valence-corrected chi connectivity index (χ2v) is 6.94. The molecule has 2 heterocycles. The normalized spacial score (nSPS) is 19.2. The molecule has 0 spiro atoms. The van der Waals surface area contributed by atoms with Crippen LogP contribution in [0.3, 0.4) is 0 Å². The van der Waals surface area contributed by atoms with Crippen LogP contribution in [0.15, 0.2) is 0 Å². The van der Waals surface area contributed by atoms with E-state index < -0.39 is 24.5 Å². The van der Waals surface area contributed by atoms with Crippen molar-refractivity contribution in [3.8, 4) is 0 Å². The Bertz CT molecular complexity index is 532. The number of alkyl halides is 3. The molecule has 1 amide bonds. The summed E-state index contributed by atoms with van der Waals surface area (Å²) in [6.07, 6.45) is -2.24. The summed E-state index contributed by atoms with van der Waals surface area (Å²) >= 11 is 1.28. The van der Waals surface area contributed by atoms with Crippen molar-refractivity contribution < 1.29 is 18.0 Å². The van der Waals surface area contributed by atoms with Crippen LogP contribution in [0, 0.1) is 11.8 Å². The van der Waals surface area contributed by atoms with Crippen LogP contribution in [0.2, 0.25) is 0 Å². The number of nitrogens with zero attached hydrogens (tertiary/aromatic N) is 3. The SMILES string of the molecule is CC(C)Cc1nsc(N2CCCC(C(=O)NCC(F)(F)F)C2)n1. The van der Waals surface area contributed by atoms with Gasteiger partial charge in [-0.1, -0.05) is 13.8 Å². The Morgan fingerprint density at radius 1 is 1.48 bits per heavy atom. The topological polar surface area (TPSA) is 58.1 Å². The third-order valence-corrected chi connectivity index (χ3v) is 4.39. The van der Waals surface area contributed by atoms with E-state index in [2.05, 4.69) is 23.2 Å². The lowest BCUT2D eigenvalue weighted by Gasteiger charge is -2.31. The summed E-state index contributed by atoms with van der Waals surface area (Å²) in [7, 11) is 0. The summed E-state index contributed by atoms with van der Waals surface area (Å²) in [5.41, 5.74) is 0. The lowest BCUT2D eigenvalue weighted by atomic mass is 9.97. The fraction of sp³-hybridized carbons (Fsp3) is 0.786. The molecule has 1 fully saturated rings. The minimum absolute atomic E-state index is 0.389. The molecule has 23 heavy (non-hydrogen) atoms. The molecule has 1 aromatic rings. The Hall–Kier alpha value is -1.38. The molecule has 0 radical (unpaired) electrons. The standard InChI is InChI=1S/C14H21F3N4OS/c1-9(2)6-11-19-13(23-20-11)21-5-3-4-10(7-21)12(22)18-8-14(15,16)17/h9-10H,3-8H2,1-2H3,(H,18,22). The highest BCUT2D eigenvalue weighted by atomic mass is 32.1. The first-order valence-electron chi connectivity index (χ1n) is 7.66. The van der Waals surface area contributed by atoms with Gasteiger partial charge in [0.1, 0.15) is 12.4 Å². The van der Waals surface area contributed by atoms with Crippen LogP contribution >= 0.6 is 11.5 Å². The quantitative estimate of drug-likeness (QED) is 0.887. The van der Waals surface area contributed by atoms with Crippen LogP contribution in [0.1, 0.15) is 32.5 Å². The van der Waals surface area contributed by atoms with Gasteiger partial charge in [0, 0.05) is 31.0 Å². The summed E-state index contributed by atoms with van der Waals surface area (Å²) in [4.78, 5) is 18.3. The Labute approximate surface area is 137 Å². The van der Waals surface area contributed by atoms with E-state index in [9.17, 15) is 18.0 Å². The zero-order chi connectivity index (χ0) is 17.0. The highest BCUT2D eigenvalue weighted by molar-refractivity contribution is 7.09. The van der Waals surface area contributed by atoms with E-state index in [1.54, 1.807) is 0 Å². The van der Waals surface area contributed by atoms with Crippen molar-refractivity contribution in [1.82, 2.24) is 14.7 Å². The predicted molar refractivity (Wildman–Crippen MR) is 82.5 cm³/mol. The largest absolute Gasteiger partial charge is 0.405 e. The molecule has 0 saturated carbocycles. The number of hydrogen-bond acceptors (Lipinski definition) is 5. The van der Waals surface area contributed by atoms with Crippen molar-refractivity contribution in [3.05, 3.63) is 5.82 Å². The van der Waals surface area contributed by atoms with Gasteiger partial charge in [-0.15, -0.1) is 0 Å². The molecule has 5 nitrogen and oxygen atoms in total. The van der Waals surface area contributed by atoms with Gasteiger partial charge >= 0.3 is 6.18 Å². The van der Waals surface area contributed by atoms with Crippen molar-refractivity contribution in [3.63, 3.8) is 0 Å². The number of hydrogen-bond donors (Lipinski definition) is 1. The highest BCUT2D eigenvalue weighted by Gasteiger charge is 2.32. The fourth-order valence-corrected chi connectivity index (χ4v) is 3.25. The Balaban J connectivity index is 1.92. The molecule has 0 aliphatic carbocycles. The maximum absolute atomic E-state index is 12.2. The molecule has 1 unspecified atom stereocenters. The third-order valence-electron chi connectivity index (χ3n) is 3.57. The second kappa shape index (κ2) is 7.46. The Morgan fingerprint density at radius 2 is 2.22 bits per heavy atom. The molecule has 2 rings (SSSR count). The van der Waals surface area contributed by atoms with Gasteiger partial charge in [-0.25, -0.2) is 4.98 Å². The first-order chi connectivity index (χ1) is 10.7. The highest BCUT2D eigenvalue weighted by Crippen LogP contribution is 2.25. The van der Waals surface area contributed by atoms with Gasteiger partial charge in [-0.3, -0.25) is 4.79 Å². The van der Waals surface area contributed by atoms with Crippen molar-refractivity contribution in [2.75, 3.05) is 24.5 Å². The molecule has 9 heteroatoms. The zero-order valence-electron chi connectivity index (χ0n) is 13.2. The van der Waals surface area contributed by atoms with Crippen LogP contribution in [0.5, 0.6) is 0 Å². The lowest BCUT2D eigenvalue weighted by molar-refractivity contribution is -0.140. The molecule has 0 bridgehead atoms. The molecule has 1 atom stereocenters. The zero-order valence-corrected chi connectivity index (χ0v) is 14.0. The van der Waals surface area contributed by atoms with Crippen molar-refractivity contribution in [2.24, 2.45) is 11.8 Å². The summed E-state index contributed by atoms with van der Waals surface area (Å²) in [6.45, 7) is 4.03. The van der Waals surface area contributed by atoms with Crippen LogP contribution in [-0.2, 0) is 11.2 Å². The minimum Gasteiger partial charge on any atom is -0.347 e. The lowest BCUT2D eigenvalue weighted by Crippen LogP contribution is -2.45. The van der Waals surface area contributed by atoms with Gasteiger partial charge in [0.25, 0.3) is 0 Å². The molecular weight excluding hydrogens is 329 g/mol. The first-order valence-corrected chi connectivity index (χ1v) is 8.44. The van der Waals surface area contributed by atoms with Crippen molar-refractivity contribution in [1.29, 1.82) is 0 Å². The summed E-state index contributed by atoms with van der Waals surface area (Å²) in [5, 5.41) is 2.72. The average molecular weight is 350 g/mol. The van der Waals surface area contributed by atoms with Crippen LogP contribution in [-0.4, -0.2) is 41.1 Å². The average Bonchev–Trinajstić information content (AvgIpc) is 2.92. The van der Waals surface area contributed by atoms with Gasteiger partial charge in [0.05, 0.1) is 5.92 Å². The van der Waals surface area contributed by atoms with E-state index in [4.69, 9.17) is 0 Å². The molecule has 1 aliphatic rings. The van der Waals surface area contributed by atoms with Gasteiger partial charge in [0.2, 0.25) is 11.0 Å². The molecule has 1 saturated heterocycles. The molecule has 130 valence electrons. The number of carbonyl (C=O) groups is 1. The van der Waals surface area contributed by atoms with Crippen LogP contribution in [0.4, 0.5) is 18.3 Å². The van der Waals surface area contributed by atoms with Gasteiger partial charge in [-0.2, -0.15) is 17.5 Å². The number of amides is 1. The fourth-order valence-electron chi connectivity index (χ4n) is 2.52. The third kappa shape index (κ3) is 5.63. The maximum Gasteiger partial charge on any atom is 0.405 e. The number of nitrogens with one attached hydrogen (secondary N) is 1. The monoisotopic (exact) mass is 350 g/mol. The first kappa shape index (κ1) is 18.0. The number of piperidine rings is 1. The van der Waals surface area contributed by atoms with Gasteiger partial charge in [-0.05, 0) is 18.8 Å². The van der Waals surface area contributed by atoms with E-state index in [0.29, 0.717) is 18.9 Å². The molecule has 1 N–H and O–H groups in total. The van der Waals surface area contributed by atoms with E-state index in [-0.39, 0.29) is 0 Å². The maximum atomic E-state index is 12.2. The molecular formula is C14H21F3N4OS. The Kier molecular flexibility index (Phi) is 5.83. The number of halogens is 3. The van der Waals surface area contributed by atoms with Gasteiger partial charge in [0.15, 0.2) is 0 Å². The summed E-state index contributed by atoms with van der Waals surface area (Å²) in [6, 6.07) is 0. The second-order valence-electron chi connectivity index (χ2n) is 6.21. The van der Waals surface area contributed by atoms with Gasteiger partial charge < -0.3 is 10.2 Å². The van der Waals surface area contributed by atoms with Crippen molar-refractivity contribution >= 4 is 22.6 Å². The number of aromatic nitrogens is 2. The van der Waals surface area contributed by atoms with E-state index in [0.717, 1.165) is 30.3 Å². The van der Waals surface area contributed by atoms with Crippen molar-refractivity contribution in [2.45, 2.75) is 39.3 Å². The number of anilines is 1. The molecule has 1 aromatic heterocycles. The molecule has 1 aliphatic heterocycles. The van der Waals surface area contributed by atoms with E-state index in [1.807, 2.05) is 10.2 Å². The number of carbonyl (C=O) groups excluding carboxylic acids is 1.